The van der Waals surface area contributed by atoms with Gasteiger partial charge in [-0.25, -0.2) is 12.6 Å². The van der Waals surface area contributed by atoms with Gasteiger partial charge in [0, 0.05) is 0 Å². The van der Waals surface area contributed by atoms with Crippen LogP contribution in [0.2, 0.25) is 0 Å². The summed E-state index contributed by atoms with van der Waals surface area (Å²) in [6.45, 7) is 1.41. The number of nitrogens with zero attached hydrogens (tertiary/aromatic N) is 2. The summed E-state index contributed by atoms with van der Waals surface area (Å²) < 4.78 is 42.6. The van der Waals surface area contributed by atoms with E-state index in [1.54, 1.807) is 0 Å². The predicted octanol–water partition coefficient (Wildman–Crippen LogP) is 0.584. The molecule has 0 bridgehead atoms. The molecular formula is C8H14N2O4S2. The van der Waals surface area contributed by atoms with Crippen molar-refractivity contribution in [2.24, 2.45) is 0 Å². The average molecular weight is 266 g/mol. The molecule has 1 unspecified atom stereocenters. The van der Waals surface area contributed by atoms with Crippen molar-refractivity contribution in [3.05, 3.63) is 5.53 Å². The van der Waals surface area contributed by atoms with E-state index in [0.717, 1.165) is 0 Å². The lowest BCUT2D eigenvalue weighted by molar-refractivity contribution is -0.00614. The molecule has 1 atom stereocenters. The summed E-state index contributed by atoms with van der Waals surface area (Å²) in [5, 5.41) is -0.541. The molecule has 0 amide bonds. The summed E-state index contributed by atoms with van der Waals surface area (Å²) in [5.74, 6) is -0.245. The van der Waals surface area contributed by atoms with Gasteiger partial charge < -0.3 is 10.1 Å². The lowest BCUT2D eigenvalue weighted by Crippen LogP contribution is -2.45. The van der Waals surface area contributed by atoms with Gasteiger partial charge in [-0.05, 0) is 12.8 Å². The van der Waals surface area contributed by atoms with Crippen LogP contribution in [0.1, 0.15) is 32.6 Å². The van der Waals surface area contributed by atoms with Crippen molar-refractivity contribution in [3.63, 3.8) is 0 Å². The Kier molecular flexibility index (Phi) is 4.01. The van der Waals surface area contributed by atoms with Crippen LogP contribution < -0.4 is 0 Å². The summed E-state index contributed by atoms with van der Waals surface area (Å²) in [4.78, 5) is 2.78. The zero-order valence-electron chi connectivity index (χ0n) is 8.92. The van der Waals surface area contributed by atoms with Gasteiger partial charge in [0.2, 0.25) is 0 Å². The highest BCUT2D eigenvalue weighted by Gasteiger charge is 2.55. The van der Waals surface area contributed by atoms with Gasteiger partial charge in [0.25, 0.3) is 9.84 Å². The highest BCUT2D eigenvalue weighted by molar-refractivity contribution is 8.07. The van der Waals surface area contributed by atoms with Crippen molar-refractivity contribution < 1.29 is 22.0 Å². The van der Waals surface area contributed by atoms with E-state index in [-0.39, 0.29) is 18.6 Å². The van der Waals surface area contributed by atoms with Gasteiger partial charge in [0.1, 0.15) is 0 Å². The van der Waals surface area contributed by atoms with Crippen molar-refractivity contribution in [2.75, 3.05) is 5.75 Å². The van der Waals surface area contributed by atoms with Crippen molar-refractivity contribution in [1.82, 2.24) is 0 Å². The van der Waals surface area contributed by atoms with E-state index in [1.807, 2.05) is 0 Å². The third-order valence-electron chi connectivity index (χ3n) is 2.90. The molecule has 1 saturated carbocycles. The minimum Gasteiger partial charge on any atom is -0.360 e. The van der Waals surface area contributed by atoms with Crippen LogP contribution in [0.25, 0.3) is 5.53 Å². The molecule has 1 rings (SSSR count). The average Bonchev–Trinajstić information content (AvgIpc) is 2.69. The minimum absolute atomic E-state index is 0.245. The van der Waals surface area contributed by atoms with Crippen molar-refractivity contribution in [2.45, 2.75) is 37.4 Å². The van der Waals surface area contributed by atoms with Crippen LogP contribution in [0.4, 0.5) is 0 Å². The Morgan fingerprint density at radius 3 is 2.31 bits per heavy atom. The molecule has 1 N–H and O–H groups in total. The first-order chi connectivity index (χ1) is 7.40. The number of hydrogen-bond donors (Lipinski definition) is 1. The fraction of sp³-hybridized carbons (Fsp3) is 0.875. The van der Waals surface area contributed by atoms with Gasteiger partial charge in [-0.1, -0.05) is 19.8 Å². The summed E-state index contributed by atoms with van der Waals surface area (Å²) in [6, 6.07) is 0. The van der Waals surface area contributed by atoms with E-state index >= 15 is 0 Å². The monoisotopic (exact) mass is 266 g/mol. The summed E-state index contributed by atoms with van der Waals surface area (Å²) in [6.07, 6.45) is 1.83. The fourth-order valence-electron chi connectivity index (χ4n) is 1.98. The fourth-order valence-corrected chi connectivity index (χ4v) is 4.57. The molecular weight excluding hydrogens is 252 g/mol. The van der Waals surface area contributed by atoms with Crippen LogP contribution in [0.3, 0.4) is 0 Å². The van der Waals surface area contributed by atoms with E-state index < -0.39 is 30.7 Å². The van der Waals surface area contributed by atoms with E-state index in [0.29, 0.717) is 12.8 Å². The largest absolute Gasteiger partial charge is 0.402 e. The quantitative estimate of drug-likeness (QED) is 0.265. The van der Waals surface area contributed by atoms with Gasteiger partial charge in [-0.15, -0.1) is 0 Å². The van der Waals surface area contributed by atoms with Gasteiger partial charge in [0.15, 0.2) is 15.8 Å². The van der Waals surface area contributed by atoms with Gasteiger partial charge in [-0.3, -0.25) is 0 Å². The summed E-state index contributed by atoms with van der Waals surface area (Å²) >= 11 is -2.35. The Labute approximate surface area is 96.9 Å². The Morgan fingerprint density at radius 2 is 2.00 bits per heavy atom. The van der Waals surface area contributed by atoms with Crippen LogP contribution in [0.15, 0.2) is 0 Å². The standard InChI is InChI=1S/C8H14N2O4S2/c1-2-16(13,14)7(10-9)8(15(11)12)5-3-4-6-8/h2-6H2,1H3,(H,11,12). The molecule has 0 heterocycles. The Morgan fingerprint density at radius 1 is 1.50 bits per heavy atom. The number of rotatable bonds is 3. The molecule has 0 aliphatic heterocycles. The second-order valence-corrected chi connectivity index (χ2v) is 7.23. The zero-order chi connectivity index (χ0) is 12.4. The predicted molar refractivity (Wildman–Crippen MR) is 60.1 cm³/mol. The number of sulfone groups is 1. The zero-order valence-corrected chi connectivity index (χ0v) is 10.6. The molecule has 0 saturated heterocycles. The molecule has 8 heteroatoms. The minimum atomic E-state index is -3.75. The normalized spacial score (nSPS) is 21.4. The lowest BCUT2D eigenvalue weighted by Gasteiger charge is -2.18. The van der Waals surface area contributed by atoms with Crippen LogP contribution >= 0.6 is 0 Å². The third kappa shape index (κ3) is 2.10. The second-order valence-electron chi connectivity index (χ2n) is 3.76. The van der Waals surface area contributed by atoms with Crippen LogP contribution in [0.5, 0.6) is 0 Å². The molecule has 0 aromatic heterocycles. The highest BCUT2D eigenvalue weighted by atomic mass is 32.2. The molecule has 6 nitrogen and oxygen atoms in total. The SMILES string of the molecule is CCS(=O)(=O)C(=[N+]=[N-])C1(S(=O)O)CCCC1. The van der Waals surface area contributed by atoms with E-state index in [4.69, 9.17) is 5.53 Å². The first-order valence-electron chi connectivity index (χ1n) is 4.97. The Bertz CT molecular complexity index is 445. The molecule has 1 aliphatic carbocycles. The van der Waals surface area contributed by atoms with Crippen LogP contribution in [-0.4, -0.2) is 37.5 Å². The van der Waals surface area contributed by atoms with Gasteiger partial charge >= 0.3 is 5.04 Å². The third-order valence-corrected chi connectivity index (χ3v) is 6.12. The maximum atomic E-state index is 11.7. The smallest absolute Gasteiger partial charge is 0.360 e. The molecule has 92 valence electrons. The first kappa shape index (κ1) is 13.5. The van der Waals surface area contributed by atoms with Gasteiger partial charge in [-0.2, -0.15) is 4.79 Å². The molecule has 0 aromatic carbocycles. The molecule has 16 heavy (non-hydrogen) atoms. The maximum Gasteiger partial charge on any atom is 0.402 e. The summed E-state index contributed by atoms with van der Waals surface area (Å²) in [7, 11) is -3.75. The van der Waals surface area contributed by atoms with Crippen LogP contribution in [0, 0.1) is 0 Å². The van der Waals surface area contributed by atoms with E-state index in [2.05, 4.69) is 4.79 Å². The van der Waals surface area contributed by atoms with E-state index in [9.17, 15) is 17.2 Å². The topological polar surface area (TPSA) is 108 Å². The summed E-state index contributed by atoms with van der Waals surface area (Å²) in [5.41, 5.74) is 8.83. The first-order valence-corrected chi connectivity index (χ1v) is 7.73. The Balaban J connectivity index is 3.33. The second kappa shape index (κ2) is 4.75. The maximum absolute atomic E-state index is 11.7. The molecule has 0 radical (unpaired) electrons. The van der Waals surface area contributed by atoms with Crippen molar-refractivity contribution in [3.8, 4) is 0 Å². The number of hydrogen-bond acceptors (Lipinski definition) is 3. The van der Waals surface area contributed by atoms with Crippen molar-refractivity contribution in [1.29, 1.82) is 0 Å². The van der Waals surface area contributed by atoms with Gasteiger partial charge in [0.05, 0.1) is 5.75 Å². The van der Waals surface area contributed by atoms with E-state index in [1.165, 1.54) is 6.92 Å². The lowest BCUT2D eigenvalue weighted by atomic mass is 10.1. The van der Waals surface area contributed by atoms with Crippen molar-refractivity contribution >= 4 is 26.0 Å². The molecule has 0 aromatic rings. The molecule has 1 aliphatic rings. The van der Waals surface area contributed by atoms with Crippen LogP contribution in [-0.2, 0) is 20.9 Å². The molecule has 1 fully saturated rings. The Hall–Kier alpha value is -0.560. The highest BCUT2D eigenvalue weighted by Crippen LogP contribution is 2.36. The molecule has 0 spiro atoms.